The normalized spacial score (nSPS) is 12.1. The van der Waals surface area contributed by atoms with E-state index >= 15 is 0 Å². The van der Waals surface area contributed by atoms with Crippen molar-refractivity contribution in [3.05, 3.63) is 12.7 Å². The zero-order valence-electron chi connectivity index (χ0n) is 10.3. The third kappa shape index (κ3) is 9.68. The maximum atomic E-state index is 11.1. The number of hydrogen-bond donors (Lipinski definition) is 1. The summed E-state index contributed by atoms with van der Waals surface area (Å²) in [7, 11) is 0. The molecule has 0 saturated carbocycles. The Morgan fingerprint density at radius 3 is 2.88 bits per heavy atom. The molecule has 1 unspecified atom stereocenters. The molecule has 0 aromatic rings. The van der Waals surface area contributed by atoms with Crippen LogP contribution in [0.25, 0.3) is 0 Å². The molecule has 0 fully saturated rings. The number of carbonyl (C=O) groups excluding carboxylic acids is 1. The van der Waals surface area contributed by atoms with Crippen molar-refractivity contribution in [2.24, 2.45) is 0 Å². The minimum atomic E-state index is -0.157. The molecule has 16 heavy (non-hydrogen) atoms. The highest BCUT2D eigenvalue weighted by atomic mass is 16.5. The van der Waals surface area contributed by atoms with Crippen molar-refractivity contribution in [1.82, 2.24) is 5.32 Å². The van der Waals surface area contributed by atoms with E-state index in [0.717, 1.165) is 13.0 Å². The lowest BCUT2D eigenvalue weighted by molar-refractivity contribution is -0.143. The molecule has 0 aliphatic heterocycles. The van der Waals surface area contributed by atoms with Crippen LogP contribution in [0, 0.1) is 0 Å². The maximum absolute atomic E-state index is 11.1. The highest BCUT2D eigenvalue weighted by Crippen LogP contribution is 1.93. The Morgan fingerprint density at radius 1 is 1.50 bits per heavy atom. The molecular weight excluding hydrogens is 206 g/mol. The average molecular weight is 229 g/mol. The summed E-state index contributed by atoms with van der Waals surface area (Å²) in [6.45, 7) is 9.93. The molecule has 4 nitrogen and oxygen atoms in total. The molecule has 1 atom stereocenters. The number of carbonyl (C=O) groups is 1. The van der Waals surface area contributed by atoms with E-state index in [0.29, 0.717) is 26.2 Å². The van der Waals surface area contributed by atoms with Crippen molar-refractivity contribution in [2.75, 3.05) is 26.4 Å². The van der Waals surface area contributed by atoms with Crippen molar-refractivity contribution in [3.63, 3.8) is 0 Å². The molecule has 0 amide bonds. The Labute approximate surface area is 98.0 Å². The van der Waals surface area contributed by atoms with Gasteiger partial charge in [-0.1, -0.05) is 6.08 Å². The highest BCUT2D eigenvalue weighted by Gasteiger charge is 2.08. The van der Waals surface area contributed by atoms with Gasteiger partial charge in [0.25, 0.3) is 0 Å². The van der Waals surface area contributed by atoms with Crippen LogP contribution in [0.4, 0.5) is 0 Å². The second-order valence-corrected chi connectivity index (χ2v) is 3.55. The SMILES string of the molecule is C=CCCOCCNC(C)CC(=O)OCC. The molecule has 4 heteroatoms. The van der Waals surface area contributed by atoms with E-state index in [9.17, 15) is 4.79 Å². The maximum Gasteiger partial charge on any atom is 0.307 e. The van der Waals surface area contributed by atoms with Gasteiger partial charge in [0.1, 0.15) is 0 Å². The summed E-state index contributed by atoms with van der Waals surface area (Å²) in [6, 6.07) is 0.127. The van der Waals surface area contributed by atoms with Crippen molar-refractivity contribution < 1.29 is 14.3 Å². The standard InChI is InChI=1S/C12H23NO3/c1-4-6-8-15-9-7-13-11(3)10-12(14)16-5-2/h4,11,13H,1,5-10H2,2-3H3. The second kappa shape index (κ2) is 10.6. The van der Waals surface area contributed by atoms with Crippen LogP contribution in [-0.2, 0) is 14.3 Å². The van der Waals surface area contributed by atoms with Crippen LogP contribution >= 0.6 is 0 Å². The van der Waals surface area contributed by atoms with Crippen LogP contribution in [0.15, 0.2) is 12.7 Å². The van der Waals surface area contributed by atoms with Gasteiger partial charge < -0.3 is 14.8 Å². The van der Waals surface area contributed by atoms with Gasteiger partial charge in [-0.25, -0.2) is 0 Å². The molecule has 0 aromatic carbocycles. The lowest BCUT2D eigenvalue weighted by Gasteiger charge is -2.12. The minimum absolute atomic E-state index is 0.127. The van der Waals surface area contributed by atoms with Gasteiger partial charge in [-0.15, -0.1) is 6.58 Å². The lowest BCUT2D eigenvalue weighted by atomic mass is 10.2. The monoisotopic (exact) mass is 229 g/mol. The fourth-order valence-electron chi connectivity index (χ4n) is 1.19. The number of nitrogens with one attached hydrogen (secondary N) is 1. The van der Waals surface area contributed by atoms with Gasteiger partial charge in [0, 0.05) is 12.6 Å². The smallest absolute Gasteiger partial charge is 0.307 e. The first-order valence-electron chi connectivity index (χ1n) is 5.78. The van der Waals surface area contributed by atoms with E-state index in [-0.39, 0.29) is 12.0 Å². The quantitative estimate of drug-likeness (QED) is 0.350. The number of esters is 1. The second-order valence-electron chi connectivity index (χ2n) is 3.55. The van der Waals surface area contributed by atoms with Crippen LogP contribution in [-0.4, -0.2) is 38.4 Å². The molecule has 0 heterocycles. The van der Waals surface area contributed by atoms with Crippen LogP contribution in [0.2, 0.25) is 0 Å². The molecular formula is C12H23NO3. The number of hydrogen-bond acceptors (Lipinski definition) is 4. The van der Waals surface area contributed by atoms with Gasteiger partial charge in [0.05, 0.1) is 26.2 Å². The molecule has 0 aromatic heterocycles. The summed E-state index contributed by atoms with van der Waals surface area (Å²) < 4.78 is 10.2. The van der Waals surface area contributed by atoms with Crippen molar-refractivity contribution in [2.45, 2.75) is 32.7 Å². The number of ether oxygens (including phenoxy) is 2. The summed E-state index contributed by atoms with van der Waals surface area (Å²) in [5, 5.41) is 3.20. The largest absolute Gasteiger partial charge is 0.466 e. The zero-order chi connectivity index (χ0) is 12.2. The summed E-state index contributed by atoms with van der Waals surface area (Å²) in [4.78, 5) is 11.1. The molecule has 0 bridgehead atoms. The van der Waals surface area contributed by atoms with Gasteiger partial charge >= 0.3 is 5.97 Å². The first-order chi connectivity index (χ1) is 7.70. The molecule has 0 saturated heterocycles. The van der Waals surface area contributed by atoms with Gasteiger partial charge in [-0.05, 0) is 20.3 Å². The summed E-state index contributed by atoms with van der Waals surface area (Å²) in [5.74, 6) is -0.157. The molecule has 0 aliphatic carbocycles. The van der Waals surface area contributed by atoms with E-state index in [1.807, 2.05) is 19.9 Å². The Bertz CT molecular complexity index is 195. The van der Waals surface area contributed by atoms with E-state index in [2.05, 4.69) is 11.9 Å². The minimum Gasteiger partial charge on any atom is -0.466 e. The number of rotatable bonds is 10. The summed E-state index contributed by atoms with van der Waals surface area (Å²) in [5.41, 5.74) is 0. The molecule has 0 aliphatic rings. The summed E-state index contributed by atoms with van der Waals surface area (Å²) >= 11 is 0. The van der Waals surface area contributed by atoms with Crippen LogP contribution in [0.1, 0.15) is 26.7 Å². The molecule has 0 rings (SSSR count). The topological polar surface area (TPSA) is 47.6 Å². The first-order valence-corrected chi connectivity index (χ1v) is 5.78. The molecule has 1 N–H and O–H groups in total. The Kier molecular flexibility index (Phi) is 10.1. The van der Waals surface area contributed by atoms with Gasteiger partial charge in [-0.2, -0.15) is 0 Å². The van der Waals surface area contributed by atoms with E-state index in [1.165, 1.54) is 0 Å². The third-order valence-electron chi connectivity index (χ3n) is 1.98. The van der Waals surface area contributed by atoms with Gasteiger partial charge in [-0.3, -0.25) is 4.79 Å². The predicted molar refractivity (Wildman–Crippen MR) is 64.3 cm³/mol. The van der Waals surface area contributed by atoms with E-state index in [1.54, 1.807) is 0 Å². The first kappa shape index (κ1) is 15.1. The Hall–Kier alpha value is -0.870. The average Bonchev–Trinajstić information content (AvgIpc) is 2.23. The van der Waals surface area contributed by atoms with E-state index < -0.39 is 0 Å². The fraction of sp³-hybridized carbons (Fsp3) is 0.750. The van der Waals surface area contributed by atoms with Crippen LogP contribution in [0.3, 0.4) is 0 Å². The van der Waals surface area contributed by atoms with Gasteiger partial charge in [0.2, 0.25) is 0 Å². The Balaban J connectivity index is 3.32. The fourth-order valence-corrected chi connectivity index (χ4v) is 1.19. The van der Waals surface area contributed by atoms with Crippen LogP contribution in [0.5, 0.6) is 0 Å². The molecule has 0 spiro atoms. The third-order valence-corrected chi connectivity index (χ3v) is 1.98. The van der Waals surface area contributed by atoms with E-state index in [4.69, 9.17) is 9.47 Å². The predicted octanol–water partition coefficient (Wildman–Crippen LogP) is 1.51. The Morgan fingerprint density at radius 2 is 2.25 bits per heavy atom. The summed E-state index contributed by atoms with van der Waals surface area (Å²) in [6.07, 6.45) is 3.11. The van der Waals surface area contributed by atoms with Crippen molar-refractivity contribution in [1.29, 1.82) is 0 Å². The van der Waals surface area contributed by atoms with Crippen molar-refractivity contribution >= 4 is 5.97 Å². The lowest BCUT2D eigenvalue weighted by Crippen LogP contribution is -2.32. The van der Waals surface area contributed by atoms with Crippen molar-refractivity contribution in [3.8, 4) is 0 Å². The van der Waals surface area contributed by atoms with Crippen LogP contribution < -0.4 is 5.32 Å². The highest BCUT2D eigenvalue weighted by molar-refractivity contribution is 5.69. The van der Waals surface area contributed by atoms with Gasteiger partial charge in [0.15, 0.2) is 0 Å². The zero-order valence-corrected chi connectivity index (χ0v) is 10.3. The molecule has 94 valence electrons. The molecule has 0 radical (unpaired) electrons.